The molecule has 1 atom stereocenters. The standard InChI is InChI=1S/C14H15N3O3S/c1-16-8-15-11-6-17(5-10(13(11)16)14(19)20)12(18)4-9-2-3-21-7-9/h2-3,7-8,10H,4-6H2,1H3,(H,19,20). The van der Waals surface area contributed by atoms with Crippen LogP contribution in [0.5, 0.6) is 0 Å². The van der Waals surface area contributed by atoms with E-state index < -0.39 is 11.9 Å². The normalized spacial score (nSPS) is 17.6. The summed E-state index contributed by atoms with van der Waals surface area (Å²) in [6.07, 6.45) is 1.91. The summed E-state index contributed by atoms with van der Waals surface area (Å²) in [5.74, 6) is -1.70. The van der Waals surface area contributed by atoms with Crippen LogP contribution < -0.4 is 0 Å². The van der Waals surface area contributed by atoms with Crippen molar-refractivity contribution in [2.45, 2.75) is 18.9 Å². The van der Waals surface area contributed by atoms with E-state index >= 15 is 0 Å². The van der Waals surface area contributed by atoms with Gasteiger partial charge in [0.1, 0.15) is 5.92 Å². The van der Waals surface area contributed by atoms with Crippen LogP contribution in [-0.2, 0) is 29.6 Å². The van der Waals surface area contributed by atoms with E-state index in [-0.39, 0.29) is 12.5 Å². The van der Waals surface area contributed by atoms with Crippen molar-refractivity contribution in [2.24, 2.45) is 7.05 Å². The van der Waals surface area contributed by atoms with Crippen LogP contribution >= 0.6 is 11.3 Å². The maximum atomic E-state index is 12.4. The van der Waals surface area contributed by atoms with Gasteiger partial charge in [0.15, 0.2) is 0 Å². The summed E-state index contributed by atoms with van der Waals surface area (Å²) in [6, 6.07) is 1.91. The van der Waals surface area contributed by atoms with Crippen LogP contribution in [0.3, 0.4) is 0 Å². The summed E-state index contributed by atoms with van der Waals surface area (Å²) in [6.45, 7) is 0.577. The van der Waals surface area contributed by atoms with Gasteiger partial charge in [-0.3, -0.25) is 9.59 Å². The summed E-state index contributed by atoms with van der Waals surface area (Å²) in [4.78, 5) is 29.6. The zero-order chi connectivity index (χ0) is 15.0. The van der Waals surface area contributed by atoms with E-state index in [9.17, 15) is 14.7 Å². The van der Waals surface area contributed by atoms with Crippen molar-refractivity contribution < 1.29 is 14.7 Å². The van der Waals surface area contributed by atoms with Crippen molar-refractivity contribution in [2.75, 3.05) is 6.54 Å². The molecule has 3 heterocycles. The van der Waals surface area contributed by atoms with E-state index in [1.54, 1.807) is 34.2 Å². The number of carbonyl (C=O) groups excluding carboxylic acids is 1. The smallest absolute Gasteiger partial charge is 0.314 e. The Bertz CT molecular complexity index is 678. The number of aryl methyl sites for hydroxylation is 1. The van der Waals surface area contributed by atoms with E-state index in [1.807, 2.05) is 16.8 Å². The fraction of sp³-hybridized carbons (Fsp3) is 0.357. The monoisotopic (exact) mass is 305 g/mol. The molecule has 1 amide bonds. The number of carboxylic acid groups (broad SMARTS) is 1. The Morgan fingerprint density at radius 1 is 1.52 bits per heavy atom. The van der Waals surface area contributed by atoms with Crippen molar-refractivity contribution in [1.29, 1.82) is 0 Å². The summed E-state index contributed by atoms with van der Waals surface area (Å²) < 4.78 is 1.73. The molecule has 0 bridgehead atoms. The quantitative estimate of drug-likeness (QED) is 0.925. The first-order valence-corrected chi connectivity index (χ1v) is 7.52. The second-order valence-corrected chi connectivity index (χ2v) is 5.94. The topological polar surface area (TPSA) is 75.4 Å². The second-order valence-electron chi connectivity index (χ2n) is 5.16. The molecule has 0 radical (unpaired) electrons. The SMILES string of the molecule is Cn1cnc2c1C(C(=O)O)CN(C(=O)Cc1ccsc1)C2. The van der Waals surface area contributed by atoms with Crippen molar-refractivity contribution in [3.05, 3.63) is 40.1 Å². The van der Waals surface area contributed by atoms with E-state index in [2.05, 4.69) is 4.98 Å². The molecule has 3 rings (SSSR count). The van der Waals surface area contributed by atoms with Crippen LogP contribution in [0.15, 0.2) is 23.2 Å². The van der Waals surface area contributed by atoms with Crippen LogP contribution in [0.25, 0.3) is 0 Å². The van der Waals surface area contributed by atoms with Gasteiger partial charge in [0, 0.05) is 13.6 Å². The summed E-state index contributed by atoms with van der Waals surface area (Å²) in [5, 5.41) is 13.3. The second kappa shape index (κ2) is 5.33. The maximum absolute atomic E-state index is 12.4. The molecule has 1 aliphatic rings. The lowest BCUT2D eigenvalue weighted by Crippen LogP contribution is -2.41. The maximum Gasteiger partial charge on any atom is 0.314 e. The molecule has 0 saturated carbocycles. The number of fused-ring (bicyclic) bond motifs is 1. The molecule has 2 aromatic rings. The molecule has 1 N–H and O–H groups in total. The van der Waals surface area contributed by atoms with E-state index in [0.717, 1.165) is 5.56 Å². The Balaban J connectivity index is 1.83. The molecule has 0 fully saturated rings. The molecule has 6 nitrogen and oxygen atoms in total. The minimum Gasteiger partial charge on any atom is -0.481 e. The van der Waals surface area contributed by atoms with Gasteiger partial charge in [0.25, 0.3) is 0 Å². The third-order valence-corrected chi connectivity index (χ3v) is 4.45. The molecular weight excluding hydrogens is 290 g/mol. The number of amides is 1. The van der Waals surface area contributed by atoms with Crippen molar-refractivity contribution in [1.82, 2.24) is 14.5 Å². The first kappa shape index (κ1) is 13.8. The number of hydrogen-bond donors (Lipinski definition) is 1. The number of imidazole rings is 1. The van der Waals surface area contributed by atoms with Crippen molar-refractivity contribution in [3.8, 4) is 0 Å². The number of hydrogen-bond acceptors (Lipinski definition) is 4. The highest BCUT2D eigenvalue weighted by Gasteiger charge is 2.35. The molecule has 0 aliphatic carbocycles. The number of aliphatic carboxylic acids is 1. The Hall–Kier alpha value is -2.15. The first-order valence-electron chi connectivity index (χ1n) is 6.58. The van der Waals surface area contributed by atoms with Crippen LogP contribution in [0.1, 0.15) is 22.9 Å². The summed E-state index contributed by atoms with van der Waals surface area (Å²) in [7, 11) is 1.78. The number of carbonyl (C=O) groups is 2. The van der Waals surface area contributed by atoms with Gasteiger partial charge in [-0.15, -0.1) is 0 Å². The van der Waals surface area contributed by atoms with Crippen molar-refractivity contribution in [3.63, 3.8) is 0 Å². The summed E-state index contributed by atoms with van der Waals surface area (Å²) >= 11 is 1.55. The molecule has 110 valence electrons. The minimum absolute atomic E-state index is 0.0593. The predicted octanol–water partition coefficient (Wildman–Crippen LogP) is 1.23. The molecule has 1 aliphatic heterocycles. The van der Waals surface area contributed by atoms with E-state index in [0.29, 0.717) is 24.4 Å². The third kappa shape index (κ3) is 2.56. The highest BCUT2D eigenvalue weighted by molar-refractivity contribution is 7.07. The van der Waals surface area contributed by atoms with Gasteiger partial charge in [-0.05, 0) is 22.4 Å². The zero-order valence-corrected chi connectivity index (χ0v) is 12.3. The minimum atomic E-state index is -0.923. The Labute approximate surface area is 125 Å². The molecule has 0 saturated heterocycles. The van der Waals surface area contributed by atoms with Gasteiger partial charge in [-0.1, -0.05) is 0 Å². The fourth-order valence-electron chi connectivity index (χ4n) is 2.67. The molecule has 7 heteroatoms. The Morgan fingerprint density at radius 2 is 2.33 bits per heavy atom. The number of nitrogens with zero attached hydrogens (tertiary/aromatic N) is 3. The number of rotatable bonds is 3. The van der Waals surface area contributed by atoms with Crippen LogP contribution in [0, 0.1) is 0 Å². The molecular formula is C14H15N3O3S. The van der Waals surface area contributed by atoms with E-state index in [1.165, 1.54) is 0 Å². The lowest BCUT2D eigenvalue weighted by atomic mass is 9.98. The van der Waals surface area contributed by atoms with Gasteiger partial charge < -0.3 is 14.6 Å². The number of carboxylic acids is 1. The van der Waals surface area contributed by atoms with E-state index in [4.69, 9.17) is 0 Å². The predicted molar refractivity (Wildman–Crippen MR) is 77.0 cm³/mol. The highest BCUT2D eigenvalue weighted by atomic mass is 32.1. The van der Waals surface area contributed by atoms with Gasteiger partial charge in [0.2, 0.25) is 5.91 Å². The van der Waals surface area contributed by atoms with Crippen molar-refractivity contribution >= 4 is 23.2 Å². The average Bonchev–Trinajstić information content (AvgIpc) is 3.08. The lowest BCUT2D eigenvalue weighted by molar-refractivity contribution is -0.141. The van der Waals surface area contributed by atoms with Gasteiger partial charge in [-0.25, -0.2) is 4.98 Å². The first-order chi connectivity index (χ1) is 10.1. The van der Waals surface area contributed by atoms with Gasteiger partial charge in [-0.2, -0.15) is 11.3 Å². The van der Waals surface area contributed by atoms with Crippen LogP contribution in [0.4, 0.5) is 0 Å². The molecule has 21 heavy (non-hydrogen) atoms. The van der Waals surface area contributed by atoms with Gasteiger partial charge in [0.05, 0.1) is 30.7 Å². The number of aromatic nitrogens is 2. The average molecular weight is 305 g/mol. The Morgan fingerprint density at radius 3 is 3.00 bits per heavy atom. The third-order valence-electron chi connectivity index (χ3n) is 3.72. The Kier molecular flexibility index (Phi) is 3.50. The zero-order valence-electron chi connectivity index (χ0n) is 11.5. The largest absolute Gasteiger partial charge is 0.481 e. The van der Waals surface area contributed by atoms with Crippen LogP contribution in [0.2, 0.25) is 0 Å². The lowest BCUT2D eigenvalue weighted by Gasteiger charge is -2.31. The molecule has 2 aromatic heterocycles. The molecule has 0 spiro atoms. The highest BCUT2D eigenvalue weighted by Crippen LogP contribution is 2.28. The fourth-order valence-corrected chi connectivity index (χ4v) is 3.34. The molecule has 1 unspecified atom stereocenters. The van der Waals surface area contributed by atoms with Gasteiger partial charge >= 0.3 is 5.97 Å². The van der Waals surface area contributed by atoms with Crippen LogP contribution in [-0.4, -0.2) is 38.0 Å². The summed E-state index contributed by atoms with van der Waals surface area (Å²) in [5.41, 5.74) is 2.33. The molecule has 0 aromatic carbocycles. The number of thiophene rings is 1.